The highest BCUT2D eigenvalue weighted by molar-refractivity contribution is 5.76. The first-order chi connectivity index (χ1) is 9.20. The first kappa shape index (κ1) is 14.0. The van der Waals surface area contributed by atoms with Crippen LogP contribution in [0.2, 0.25) is 0 Å². The lowest BCUT2D eigenvalue weighted by Crippen LogP contribution is -2.42. The first-order valence-electron chi connectivity index (χ1n) is 6.97. The van der Waals surface area contributed by atoms with E-state index in [1.54, 1.807) is 17.1 Å². The van der Waals surface area contributed by atoms with E-state index < -0.39 is 0 Å². The summed E-state index contributed by atoms with van der Waals surface area (Å²) >= 11 is 0. The minimum Gasteiger partial charge on any atom is -0.343 e. The molecule has 1 amide bonds. The molecule has 0 aliphatic heterocycles. The lowest BCUT2D eigenvalue weighted by molar-refractivity contribution is -0.132. The summed E-state index contributed by atoms with van der Waals surface area (Å²) in [6.45, 7) is 0.606. The van der Waals surface area contributed by atoms with Crippen molar-refractivity contribution >= 4 is 5.91 Å². The Labute approximate surface area is 114 Å². The smallest absolute Gasteiger partial charge is 0.224 e. The van der Waals surface area contributed by atoms with Gasteiger partial charge >= 0.3 is 0 Å². The Morgan fingerprint density at radius 2 is 2.16 bits per heavy atom. The third-order valence-electron chi connectivity index (χ3n) is 4.07. The van der Waals surface area contributed by atoms with Crippen LogP contribution in [-0.4, -0.2) is 52.0 Å². The molecule has 0 saturated heterocycles. The van der Waals surface area contributed by atoms with Gasteiger partial charge in [0.25, 0.3) is 0 Å². The highest BCUT2D eigenvalue weighted by Gasteiger charge is 2.25. The summed E-state index contributed by atoms with van der Waals surface area (Å²) in [6.07, 6.45) is 8.41. The van der Waals surface area contributed by atoms with Crippen molar-refractivity contribution in [2.45, 2.75) is 50.7 Å². The van der Waals surface area contributed by atoms with Gasteiger partial charge in [0.2, 0.25) is 5.91 Å². The van der Waals surface area contributed by atoms with Crippen LogP contribution in [-0.2, 0) is 11.3 Å². The summed E-state index contributed by atoms with van der Waals surface area (Å²) < 4.78 is 1.70. The van der Waals surface area contributed by atoms with Gasteiger partial charge in [-0.05, 0) is 32.7 Å². The summed E-state index contributed by atoms with van der Waals surface area (Å²) in [5.41, 5.74) is 0. The Morgan fingerprint density at radius 3 is 2.74 bits per heavy atom. The number of aromatic nitrogens is 3. The van der Waals surface area contributed by atoms with Crippen LogP contribution in [0, 0.1) is 0 Å². The van der Waals surface area contributed by atoms with Crippen molar-refractivity contribution in [3.05, 3.63) is 12.4 Å². The molecular formula is C13H23N5O. The maximum atomic E-state index is 12.1. The number of carbonyl (C=O) groups is 1. The summed E-state index contributed by atoms with van der Waals surface area (Å²) in [7, 11) is 3.94. The molecule has 1 heterocycles. The largest absolute Gasteiger partial charge is 0.343 e. The maximum Gasteiger partial charge on any atom is 0.224 e. The Hall–Kier alpha value is -1.43. The van der Waals surface area contributed by atoms with E-state index in [2.05, 4.69) is 15.6 Å². The third kappa shape index (κ3) is 3.76. The van der Waals surface area contributed by atoms with Crippen molar-refractivity contribution in [1.29, 1.82) is 0 Å². The number of nitrogens with one attached hydrogen (secondary N) is 1. The predicted molar refractivity (Wildman–Crippen MR) is 72.5 cm³/mol. The second kappa shape index (κ2) is 6.65. The number of hydrogen-bond donors (Lipinski definition) is 1. The predicted octanol–water partition coefficient (Wildman–Crippen LogP) is 0.657. The Bertz CT molecular complexity index is 384. The van der Waals surface area contributed by atoms with Gasteiger partial charge in [0, 0.05) is 31.7 Å². The highest BCUT2D eigenvalue weighted by Crippen LogP contribution is 2.22. The molecule has 1 saturated carbocycles. The quantitative estimate of drug-likeness (QED) is 0.849. The van der Waals surface area contributed by atoms with Crippen molar-refractivity contribution in [1.82, 2.24) is 25.2 Å². The summed E-state index contributed by atoms with van der Waals surface area (Å²) in [5.74, 6) is 0.198. The van der Waals surface area contributed by atoms with Gasteiger partial charge < -0.3 is 10.2 Å². The summed E-state index contributed by atoms with van der Waals surface area (Å²) in [4.78, 5) is 14.1. The van der Waals surface area contributed by atoms with E-state index in [0.717, 1.165) is 25.7 Å². The average molecular weight is 265 g/mol. The SMILES string of the molecule is CNC1CCC(N(C)C(=O)CCn2ccnn2)CC1. The van der Waals surface area contributed by atoms with Gasteiger partial charge in [0.1, 0.15) is 0 Å². The fourth-order valence-corrected chi connectivity index (χ4v) is 2.69. The molecule has 0 atom stereocenters. The van der Waals surface area contributed by atoms with Crippen LogP contribution in [0.1, 0.15) is 32.1 Å². The molecule has 0 bridgehead atoms. The number of amides is 1. The van der Waals surface area contributed by atoms with Crippen LogP contribution in [0.5, 0.6) is 0 Å². The van der Waals surface area contributed by atoms with Gasteiger partial charge in [0.05, 0.1) is 12.7 Å². The van der Waals surface area contributed by atoms with Gasteiger partial charge in [0.15, 0.2) is 0 Å². The van der Waals surface area contributed by atoms with Gasteiger partial charge in [-0.25, -0.2) is 0 Å². The number of nitrogens with zero attached hydrogens (tertiary/aromatic N) is 4. The molecule has 1 fully saturated rings. The molecule has 1 aromatic rings. The van der Waals surface area contributed by atoms with Crippen molar-refractivity contribution in [2.24, 2.45) is 0 Å². The average Bonchev–Trinajstić information content (AvgIpc) is 2.97. The summed E-state index contributed by atoms with van der Waals surface area (Å²) in [6, 6.07) is 1.02. The molecule has 0 spiro atoms. The molecule has 6 nitrogen and oxygen atoms in total. The fraction of sp³-hybridized carbons (Fsp3) is 0.769. The maximum absolute atomic E-state index is 12.1. The third-order valence-corrected chi connectivity index (χ3v) is 4.07. The van der Waals surface area contributed by atoms with Gasteiger partial charge in [-0.2, -0.15) is 0 Å². The van der Waals surface area contributed by atoms with Gasteiger partial charge in [-0.1, -0.05) is 5.21 Å². The van der Waals surface area contributed by atoms with E-state index in [1.165, 1.54) is 0 Å². The molecule has 0 unspecified atom stereocenters. The van der Waals surface area contributed by atoms with Crippen molar-refractivity contribution in [3.63, 3.8) is 0 Å². The highest BCUT2D eigenvalue weighted by atomic mass is 16.2. The molecule has 106 valence electrons. The second-order valence-electron chi connectivity index (χ2n) is 5.21. The van der Waals surface area contributed by atoms with E-state index in [1.807, 2.05) is 19.0 Å². The van der Waals surface area contributed by atoms with Crippen LogP contribution >= 0.6 is 0 Å². The topological polar surface area (TPSA) is 63.1 Å². The second-order valence-corrected chi connectivity index (χ2v) is 5.21. The van der Waals surface area contributed by atoms with Gasteiger partial charge in [-0.3, -0.25) is 9.48 Å². The van der Waals surface area contributed by atoms with Crippen LogP contribution in [0.4, 0.5) is 0 Å². The zero-order chi connectivity index (χ0) is 13.7. The molecule has 6 heteroatoms. The standard InChI is InChI=1S/C13H23N5O/c1-14-11-3-5-12(6-4-11)17(2)13(19)7-9-18-10-8-15-16-18/h8,10-12,14H,3-7,9H2,1-2H3. The first-order valence-corrected chi connectivity index (χ1v) is 6.97. The fourth-order valence-electron chi connectivity index (χ4n) is 2.69. The number of carbonyl (C=O) groups excluding carboxylic acids is 1. The van der Waals surface area contributed by atoms with E-state index in [0.29, 0.717) is 25.0 Å². The zero-order valence-corrected chi connectivity index (χ0v) is 11.7. The molecule has 0 radical (unpaired) electrons. The molecule has 2 rings (SSSR count). The van der Waals surface area contributed by atoms with Crippen LogP contribution in [0.3, 0.4) is 0 Å². The normalized spacial score (nSPS) is 23.3. The van der Waals surface area contributed by atoms with Crippen LogP contribution < -0.4 is 5.32 Å². The minimum absolute atomic E-state index is 0.198. The Kier molecular flexibility index (Phi) is 4.90. The zero-order valence-electron chi connectivity index (χ0n) is 11.7. The Morgan fingerprint density at radius 1 is 1.42 bits per heavy atom. The lowest BCUT2D eigenvalue weighted by Gasteiger charge is -2.34. The monoisotopic (exact) mass is 265 g/mol. The molecule has 1 N–H and O–H groups in total. The van der Waals surface area contributed by atoms with E-state index in [9.17, 15) is 4.79 Å². The molecular weight excluding hydrogens is 242 g/mol. The molecule has 19 heavy (non-hydrogen) atoms. The lowest BCUT2D eigenvalue weighted by atomic mass is 9.90. The number of hydrogen-bond acceptors (Lipinski definition) is 4. The Balaban J connectivity index is 1.76. The van der Waals surface area contributed by atoms with Crippen molar-refractivity contribution in [2.75, 3.05) is 14.1 Å². The summed E-state index contributed by atoms with van der Waals surface area (Å²) in [5, 5.41) is 10.9. The number of aryl methyl sites for hydroxylation is 1. The van der Waals surface area contributed by atoms with E-state index in [4.69, 9.17) is 0 Å². The van der Waals surface area contributed by atoms with Crippen molar-refractivity contribution in [3.8, 4) is 0 Å². The van der Waals surface area contributed by atoms with Crippen molar-refractivity contribution < 1.29 is 4.79 Å². The van der Waals surface area contributed by atoms with Crippen LogP contribution in [0.25, 0.3) is 0 Å². The van der Waals surface area contributed by atoms with E-state index in [-0.39, 0.29) is 5.91 Å². The molecule has 0 aromatic carbocycles. The van der Waals surface area contributed by atoms with E-state index >= 15 is 0 Å². The molecule has 1 aliphatic rings. The molecule has 1 aliphatic carbocycles. The number of rotatable bonds is 5. The van der Waals surface area contributed by atoms with Crippen LogP contribution in [0.15, 0.2) is 12.4 Å². The minimum atomic E-state index is 0.198. The molecule has 1 aromatic heterocycles. The van der Waals surface area contributed by atoms with Gasteiger partial charge in [-0.15, -0.1) is 5.10 Å².